The van der Waals surface area contributed by atoms with E-state index < -0.39 is 6.10 Å². The van der Waals surface area contributed by atoms with E-state index in [1.807, 2.05) is 30.3 Å². The molecule has 1 heterocycles. The van der Waals surface area contributed by atoms with Crippen LogP contribution in [0.15, 0.2) is 54.6 Å². The number of piperazine rings is 1. The van der Waals surface area contributed by atoms with Crippen LogP contribution >= 0.6 is 0 Å². The molecule has 0 radical (unpaired) electrons. The zero-order valence-electron chi connectivity index (χ0n) is 14.4. The van der Waals surface area contributed by atoms with Crippen LogP contribution in [0.2, 0.25) is 0 Å². The van der Waals surface area contributed by atoms with Crippen molar-refractivity contribution in [2.24, 2.45) is 0 Å². The minimum absolute atomic E-state index is 0.249. The van der Waals surface area contributed by atoms with Gasteiger partial charge in [-0.2, -0.15) is 0 Å². The minimum Gasteiger partial charge on any atom is -0.492 e. The summed E-state index contributed by atoms with van der Waals surface area (Å²) in [4.78, 5) is 4.66. The molecule has 1 fully saturated rings. The lowest BCUT2D eigenvalue weighted by Crippen LogP contribution is -2.48. The van der Waals surface area contributed by atoms with Crippen LogP contribution in [0.1, 0.15) is 11.7 Å². The lowest BCUT2D eigenvalue weighted by atomic mass is 10.1. The van der Waals surface area contributed by atoms with Crippen LogP contribution in [0.5, 0.6) is 5.75 Å². The summed E-state index contributed by atoms with van der Waals surface area (Å²) in [5.41, 5.74) is 0.970. The molecule has 0 amide bonds. The number of hydrogen-bond acceptors (Lipinski definition) is 4. The average Bonchev–Trinajstić information content (AvgIpc) is 2.65. The van der Waals surface area contributed by atoms with E-state index in [4.69, 9.17) is 4.74 Å². The van der Waals surface area contributed by atoms with Gasteiger partial charge in [-0.3, -0.25) is 9.80 Å². The van der Waals surface area contributed by atoms with Crippen LogP contribution in [-0.4, -0.2) is 60.8 Å². The predicted molar refractivity (Wildman–Crippen MR) is 96.2 cm³/mol. The second kappa shape index (κ2) is 8.94. The van der Waals surface area contributed by atoms with Crippen molar-refractivity contribution in [2.45, 2.75) is 6.10 Å². The molecule has 5 heteroatoms. The summed E-state index contributed by atoms with van der Waals surface area (Å²) < 4.78 is 18.5. The molecule has 0 aliphatic carbocycles. The Bertz CT molecular complexity index is 628. The van der Waals surface area contributed by atoms with Crippen LogP contribution < -0.4 is 4.74 Å². The Labute approximate surface area is 148 Å². The summed E-state index contributed by atoms with van der Waals surface area (Å²) in [6, 6.07) is 15.9. The quantitative estimate of drug-likeness (QED) is 0.837. The number of β-amino-alcohol motifs (C(OH)–C–C–N with tert-alkyl or cyclic N) is 1. The van der Waals surface area contributed by atoms with Gasteiger partial charge in [0.05, 0.1) is 6.10 Å². The molecule has 25 heavy (non-hydrogen) atoms. The zero-order valence-corrected chi connectivity index (χ0v) is 14.4. The van der Waals surface area contributed by atoms with Crippen molar-refractivity contribution in [3.8, 4) is 5.75 Å². The molecule has 0 bridgehead atoms. The molecule has 2 aromatic rings. The Balaban J connectivity index is 1.35. The molecule has 0 saturated carbocycles. The van der Waals surface area contributed by atoms with Gasteiger partial charge in [-0.25, -0.2) is 4.39 Å². The topological polar surface area (TPSA) is 35.9 Å². The Morgan fingerprint density at radius 1 is 0.920 bits per heavy atom. The fourth-order valence-corrected chi connectivity index (χ4v) is 3.04. The molecule has 1 saturated heterocycles. The van der Waals surface area contributed by atoms with Crippen molar-refractivity contribution in [3.63, 3.8) is 0 Å². The molecule has 1 aliphatic rings. The molecule has 1 atom stereocenters. The Kier molecular flexibility index (Phi) is 6.39. The van der Waals surface area contributed by atoms with Gasteiger partial charge in [0, 0.05) is 39.3 Å². The highest BCUT2D eigenvalue weighted by atomic mass is 19.1. The Hall–Kier alpha value is -1.95. The lowest BCUT2D eigenvalue weighted by Gasteiger charge is -2.35. The van der Waals surface area contributed by atoms with Crippen LogP contribution in [0.3, 0.4) is 0 Å². The van der Waals surface area contributed by atoms with Gasteiger partial charge in [0.25, 0.3) is 0 Å². The summed E-state index contributed by atoms with van der Waals surface area (Å²) >= 11 is 0. The monoisotopic (exact) mass is 344 g/mol. The largest absolute Gasteiger partial charge is 0.492 e. The smallest absolute Gasteiger partial charge is 0.123 e. The molecule has 134 valence electrons. The second-order valence-electron chi connectivity index (χ2n) is 6.37. The fourth-order valence-electron chi connectivity index (χ4n) is 3.04. The Morgan fingerprint density at radius 3 is 2.24 bits per heavy atom. The van der Waals surface area contributed by atoms with Gasteiger partial charge in [-0.1, -0.05) is 30.3 Å². The third-order valence-electron chi connectivity index (χ3n) is 4.57. The highest BCUT2D eigenvalue weighted by Gasteiger charge is 2.19. The number of ether oxygens (including phenoxy) is 1. The van der Waals surface area contributed by atoms with E-state index in [9.17, 15) is 9.50 Å². The number of nitrogens with zero attached hydrogens (tertiary/aromatic N) is 2. The van der Waals surface area contributed by atoms with Gasteiger partial charge in [0.2, 0.25) is 0 Å². The lowest BCUT2D eigenvalue weighted by molar-refractivity contribution is 0.0676. The molecule has 0 unspecified atom stereocenters. The van der Waals surface area contributed by atoms with Crippen LogP contribution in [-0.2, 0) is 0 Å². The molecule has 2 aromatic carbocycles. The predicted octanol–water partition coefficient (Wildman–Crippen LogP) is 2.56. The van der Waals surface area contributed by atoms with Crippen LogP contribution in [0.4, 0.5) is 4.39 Å². The zero-order chi connectivity index (χ0) is 17.5. The Morgan fingerprint density at radius 2 is 1.56 bits per heavy atom. The number of aliphatic hydroxyl groups is 1. The molecular weight excluding hydrogens is 319 g/mol. The van der Waals surface area contributed by atoms with E-state index in [-0.39, 0.29) is 5.82 Å². The SMILES string of the molecule is O[C@@H](CN1CCN(CCOc2ccc(F)cc2)CC1)c1ccccc1. The van der Waals surface area contributed by atoms with E-state index in [0.29, 0.717) is 18.9 Å². The summed E-state index contributed by atoms with van der Waals surface area (Å²) in [6.07, 6.45) is -0.436. The first kappa shape index (κ1) is 17.9. The van der Waals surface area contributed by atoms with E-state index in [0.717, 1.165) is 38.3 Å². The molecule has 1 N–H and O–H groups in total. The van der Waals surface area contributed by atoms with Crippen LogP contribution in [0.25, 0.3) is 0 Å². The standard InChI is InChI=1S/C20H25FN2O2/c21-18-6-8-19(9-7-18)25-15-14-22-10-12-23(13-11-22)16-20(24)17-4-2-1-3-5-17/h1-9,20,24H,10-16H2/t20-/m0/s1. The minimum atomic E-state index is -0.436. The van der Waals surface area contributed by atoms with E-state index in [1.165, 1.54) is 12.1 Å². The van der Waals surface area contributed by atoms with Crippen LogP contribution in [0, 0.1) is 5.82 Å². The maximum atomic E-state index is 12.8. The third kappa shape index (κ3) is 5.53. The third-order valence-corrected chi connectivity index (χ3v) is 4.57. The second-order valence-corrected chi connectivity index (χ2v) is 6.37. The number of halogens is 1. The van der Waals surface area contributed by atoms with Gasteiger partial charge < -0.3 is 9.84 Å². The van der Waals surface area contributed by atoms with Gasteiger partial charge in [0.1, 0.15) is 18.2 Å². The number of rotatable bonds is 7. The van der Waals surface area contributed by atoms with E-state index in [2.05, 4.69) is 9.80 Å². The summed E-state index contributed by atoms with van der Waals surface area (Å²) in [6.45, 7) is 5.94. The fraction of sp³-hybridized carbons (Fsp3) is 0.400. The average molecular weight is 344 g/mol. The summed E-state index contributed by atoms with van der Waals surface area (Å²) in [5, 5.41) is 10.3. The van der Waals surface area contributed by atoms with Gasteiger partial charge in [-0.15, -0.1) is 0 Å². The summed E-state index contributed by atoms with van der Waals surface area (Å²) in [7, 11) is 0. The molecular formula is C20H25FN2O2. The highest BCUT2D eigenvalue weighted by Crippen LogP contribution is 2.15. The molecule has 1 aliphatic heterocycles. The number of aliphatic hydroxyl groups excluding tert-OH is 1. The van der Waals surface area contributed by atoms with Crippen molar-refractivity contribution in [1.82, 2.24) is 9.80 Å². The van der Waals surface area contributed by atoms with Gasteiger partial charge >= 0.3 is 0 Å². The molecule has 4 nitrogen and oxygen atoms in total. The normalized spacial score (nSPS) is 17.4. The van der Waals surface area contributed by atoms with E-state index >= 15 is 0 Å². The van der Waals surface area contributed by atoms with Crippen molar-refractivity contribution in [2.75, 3.05) is 45.9 Å². The maximum Gasteiger partial charge on any atom is 0.123 e. The van der Waals surface area contributed by atoms with E-state index in [1.54, 1.807) is 12.1 Å². The number of benzene rings is 2. The van der Waals surface area contributed by atoms with Crippen molar-refractivity contribution in [1.29, 1.82) is 0 Å². The highest BCUT2D eigenvalue weighted by molar-refractivity contribution is 5.22. The van der Waals surface area contributed by atoms with Gasteiger partial charge in [-0.05, 0) is 29.8 Å². The molecule has 0 spiro atoms. The molecule has 0 aromatic heterocycles. The summed E-state index contributed by atoms with van der Waals surface area (Å²) in [5.74, 6) is 0.451. The number of hydrogen-bond donors (Lipinski definition) is 1. The van der Waals surface area contributed by atoms with Crippen molar-refractivity contribution >= 4 is 0 Å². The van der Waals surface area contributed by atoms with Crippen molar-refractivity contribution in [3.05, 3.63) is 66.0 Å². The molecule has 3 rings (SSSR count). The maximum absolute atomic E-state index is 12.8. The van der Waals surface area contributed by atoms with Gasteiger partial charge in [0.15, 0.2) is 0 Å². The van der Waals surface area contributed by atoms with Crippen molar-refractivity contribution < 1.29 is 14.2 Å². The first-order chi connectivity index (χ1) is 12.2. The first-order valence-electron chi connectivity index (χ1n) is 8.77. The first-order valence-corrected chi connectivity index (χ1v) is 8.77.